The number of hydrogen-bond acceptors (Lipinski definition) is 4. The third-order valence-electron chi connectivity index (χ3n) is 4.92. The first-order valence-corrected chi connectivity index (χ1v) is 10.6. The summed E-state index contributed by atoms with van der Waals surface area (Å²) in [6.07, 6.45) is 9.45. The molecule has 0 amide bonds. The van der Waals surface area contributed by atoms with Crippen LogP contribution in [0.2, 0.25) is 0 Å². The second kappa shape index (κ2) is 14.0. The lowest BCUT2D eigenvalue weighted by molar-refractivity contribution is 0.445. The van der Waals surface area contributed by atoms with Gasteiger partial charge in [-0.25, -0.2) is 5.84 Å². The van der Waals surface area contributed by atoms with Crippen LogP contribution >= 0.6 is 0 Å². The Bertz CT molecular complexity index is 808. The van der Waals surface area contributed by atoms with Gasteiger partial charge in [0.1, 0.15) is 0 Å². The Morgan fingerprint density at radius 1 is 1.07 bits per heavy atom. The van der Waals surface area contributed by atoms with Crippen molar-refractivity contribution in [2.45, 2.75) is 52.9 Å². The van der Waals surface area contributed by atoms with Crippen molar-refractivity contribution >= 4 is 11.4 Å². The predicted octanol–water partition coefficient (Wildman–Crippen LogP) is 6.28. The molecule has 4 N–H and O–H groups in total. The molecule has 0 aromatic heterocycles. The van der Waals surface area contributed by atoms with Crippen molar-refractivity contribution in [1.29, 1.82) is 5.26 Å². The van der Waals surface area contributed by atoms with E-state index < -0.39 is 0 Å². The Morgan fingerprint density at radius 3 is 2.07 bits per heavy atom. The summed E-state index contributed by atoms with van der Waals surface area (Å²) in [5, 5.41) is 10.8. The summed E-state index contributed by atoms with van der Waals surface area (Å²) in [7, 11) is 0. The number of nitriles is 1. The maximum Gasteiger partial charge on any atom is 0.0991 e. The summed E-state index contributed by atoms with van der Waals surface area (Å²) < 4.78 is 0. The molecule has 0 radical (unpaired) electrons. The van der Waals surface area contributed by atoms with Crippen LogP contribution in [-0.4, -0.2) is 0 Å². The summed E-state index contributed by atoms with van der Waals surface area (Å²) in [5.74, 6) is 7.21. The first kappa shape index (κ1) is 25.0. The molecule has 2 aromatic carbocycles. The quantitative estimate of drug-likeness (QED) is 0.380. The van der Waals surface area contributed by atoms with Crippen LogP contribution in [0.4, 0.5) is 5.69 Å². The normalized spacial score (nSPS) is 10.7. The van der Waals surface area contributed by atoms with Crippen LogP contribution in [-0.2, 0) is 0 Å². The van der Waals surface area contributed by atoms with Gasteiger partial charge in [-0.2, -0.15) is 5.26 Å². The largest absolute Gasteiger partial charge is 0.405 e. The zero-order chi connectivity index (χ0) is 22.4. The smallest absolute Gasteiger partial charge is 0.0991 e. The first-order chi connectivity index (χ1) is 14.5. The van der Waals surface area contributed by atoms with Gasteiger partial charge >= 0.3 is 0 Å². The molecule has 0 aliphatic rings. The second-order valence-electron chi connectivity index (χ2n) is 7.40. The van der Waals surface area contributed by atoms with E-state index in [0.717, 1.165) is 23.4 Å². The number of rotatable bonds is 9. The summed E-state index contributed by atoms with van der Waals surface area (Å²) in [6.45, 7) is 9.73. The zero-order valence-electron chi connectivity index (χ0n) is 18.6. The van der Waals surface area contributed by atoms with E-state index in [4.69, 9.17) is 11.1 Å². The fourth-order valence-electron chi connectivity index (χ4n) is 3.39. The zero-order valence-corrected chi connectivity index (χ0v) is 18.6. The number of nitrogens with zero attached hydrogens (tertiary/aromatic N) is 2. The highest BCUT2D eigenvalue weighted by Gasteiger charge is 2.13. The maximum atomic E-state index is 9.02. The molecular weight excluding hydrogens is 368 g/mol. The fourth-order valence-corrected chi connectivity index (χ4v) is 3.39. The van der Waals surface area contributed by atoms with Crippen molar-refractivity contribution in [3.05, 3.63) is 84.1 Å². The van der Waals surface area contributed by atoms with Gasteiger partial charge in [-0.1, -0.05) is 82.0 Å². The van der Waals surface area contributed by atoms with Gasteiger partial charge in [-0.15, -0.1) is 0 Å². The predicted molar refractivity (Wildman–Crippen MR) is 129 cm³/mol. The molecule has 0 bridgehead atoms. The number of anilines is 1. The molecule has 0 fully saturated rings. The SMILES string of the molecule is C=CN.CCCC(C/C=C(/c1ccc(C)cc1)N(N)c1ccc(C#N)cc1)CCC. The molecule has 0 spiro atoms. The van der Waals surface area contributed by atoms with Crippen LogP contribution in [0.15, 0.2) is 67.4 Å². The highest BCUT2D eigenvalue weighted by Crippen LogP contribution is 2.27. The second-order valence-corrected chi connectivity index (χ2v) is 7.40. The van der Waals surface area contributed by atoms with Crippen LogP contribution < -0.4 is 16.6 Å². The third kappa shape index (κ3) is 8.14. The van der Waals surface area contributed by atoms with Gasteiger partial charge in [-0.05, 0) is 55.3 Å². The van der Waals surface area contributed by atoms with Crippen molar-refractivity contribution in [3.8, 4) is 6.07 Å². The van der Waals surface area contributed by atoms with E-state index in [-0.39, 0.29) is 0 Å². The van der Waals surface area contributed by atoms with Crippen LogP contribution in [0.25, 0.3) is 5.70 Å². The monoisotopic (exact) mass is 404 g/mol. The van der Waals surface area contributed by atoms with E-state index >= 15 is 0 Å². The first-order valence-electron chi connectivity index (χ1n) is 10.6. The van der Waals surface area contributed by atoms with E-state index in [0.29, 0.717) is 11.5 Å². The maximum absolute atomic E-state index is 9.02. The van der Waals surface area contributed by atoms with Gasteiger partial charge in [0.2, 0.25) is 0 Å². The number of hydrazine groups is 1. The van der Waals surface area contributed by atoms with Crippen LogP contribution in [0.5, 0.6) is 0 Å². The van der Waals surface area contributed by atoms with Crippen molar-refractivity contribution in [3.63, 3.8) is 0 Å². The highest BCUT2D eigenvalue weighted by molar-refractivity contribution is 5.78. The lowest BCUT2D eigenvalue weighted by Gasteiger charge is -2.24. The molecular formula is C26H36N4. The third-order valence-corrected chi connectivity index (χ3v) is 4.92. The minimum Gasteiger partial charge on any atom is -0.405 e. The van der Waals surface area contributed by atoms with E-state index in [1.54, 1.807) is 17.1 Å². The standard InChI is InChI=1S/C24H31N3.C2H5N/c1-4-6-20(7-5-2)12-17-24(22-13-8-19(3)9-14-22)27(26)23-15-10-21(18-25)11-16-23;1-2-3/h8-11,13-17,20H,4-7,12,26H2,1-3H3;2H,1,3H2/b24-17-;. The summed E-state index contributed by atoms with van der Waals surface area (Å²) in [6, 6.07) is 18.0. The summed E-state index contributed by atoms with van der Waals surface area (Å²) in [4.78, 5) is 0. The van der Waals surface area contributed by atoms with E-state index in [1.165, 1.54) is 37.4 Å². The summed E-state index contributed by atoms with van der Waals surface area (Å²) >= 11 is 0. The van der Waals surface area contributed by atoms with E-state index in [2.05, 4.69) is 69.5 Å². The number of hydrogen-bond donors (Lipinski definition) is 2. The average molecular weight is 405 g/mol. The van der Waals surface area contributed by atoms with Crippen molar-refractivity contribution in [2.24, 2.45) is 17.5 Å². The molecule has 0 saturated heterocycles. The summed E-state index contributed by atoms with van der Waals surface area (Å²) in [5.41, 5.74) is 9.48. The Hall–Kier alpha value is -3.03. The van der Waals surface area contributed by atoms with Crippen LogP contribution in [0.1, 0.15) is 62.6 Å². The Balaban J connectivity index is 0.00000141. The number of allylic oxidation sites excluding steroid dienone is 1. The van der Waals surface area contributed by atoms with Crippen LogP contribution in [0, 0.1) is 24.2 Å². The fraction of sp³-hybridized carbons (Fsp3) is 0.346. The lowest BCUT2D eigenvalue weighted by Crippen LogP contribution is -2.29. The molecule has 0 heterocycles. The molecule has 2 aromatic rings. The molecule has 160 valence electrons. The van der Waals surface area contributed by atoms with Gasteiger partial charge < -0.3 is 5.73 Å². The molecule has 0 unspecified atom stereocenters. The lowest BCUT2D eigenvalue weighted by atomic mass is 9.93. The van der Waals surface area contributed by atoms with E-state index in [9.17, 15) is 0 Å². The van der Waals surface area contributed by atoms with Crippen molar-refractivity contribution < 1.29 is 0 Å². The Labute approximate surface area is 182 Å². The Morgan fingerprint density at radius 2 is 1.60 bits per heavy atom. The molecule has 2 rings (SSSR count). The topological polar surface area (TPSA) is 79.1 Å². The van der Waals surface area contributed by atoms with Gasteiger partial charge in [0.15, 0.2) is 0 Å². The van der Waals surface area contributed by atoms with Crippen molar-refractivity contribution in [2.75, 3.05) is 5.01 Å². The molecule has 30 heavy (non-hydrogen) atoms. The minimum atomic E-state index is 0.638. The van der Waals surface area contributed by atoms with Crippen LogP contribution in [0.3, 0.4) is 0 Å². The van der Waals surface area contributed by atoms with Crippen molar-refractivity contribution in [1.82, 2.24) is 0 Å². The molecule has 4 nitrogen and oxygen atoms in total. The Kier molecular flexibility index (Phi) is 11.7. The highest BCUT2D eigenvalue weighted by atomic mass is 15.4. The van der Waals surface area contributed by atoms with Gasteiger partial charge in [0, 0.05) is 0 Å². The van der Waals surface area contributed by atoms with Gasteiger partial charge in [-0.3, -0.25) is 5.01 Å². The minimum absolute atomic E-state index is 0.638. The molecule has 0 aliphatic carbocycles. The average Bonchev–Trinajstić information content (AvgIpc) is 2.76. The molecule has 0 atom stereocenters. The number of nitrogens with two attached hydrogens (primary N) is 2. The van der Waals surface area contributed by atoms with Gasteiger partial charge in [0.05, 0.1) is 23.0 Å². The van der Waals surface area contributed by atoms with Gasteiger partial charge in [0.25, 0.3) is 0 Å². The number of benzene rings is 2. The molecule has 4 heteroatoms. The van der Waals surface area contributed by atoms with E-state index in [1.807, 2.05) is 12.1 Å². The molecule has 0 aliphatic heterocycles. The molecule has 0 saturated carbocycles. The number of aryl methyl sites for hydroxylation is 1.